The minimum absolute atomic E-state index is 0.0668. The monoisotopic (exact) mass is 385 g/mol. The average molecular weight is 385 g/mol. The molecule has 7 heteroatoms. The molecule has 6 nitrogen and oxygen atoms in total. The second-order valence-electron chi connectivity index (χ2n) is 6.43. The molecule has 142 valence electrons. The van der Waals surface area contributed by atoms with E-state index in [1.54, 1.807) is 31.4 Å². The summed E-state index contributed by atoms with van der Waals surface area (Å²) in [5, 5.41) is 16.5. The molecule has 1 aliphatic rings. The Morgan fingerprint density at radius 1 is 1.15 bits per heavy atom. The minimum Gasteiger partial charge on any atom is -0.506 e. The molecule has 0 atom stereocenters. The van der Waals surface area contributed by atoms with Gasteiger partial charge in [-0.3, -0.25) is 4.79 Å². The van der Waals surface area contributed by atoms with E-state index < -0.39 is 0 Å². The van der Waals surface area contributed by atoms with E-state index in [0.29, 0.717) is 36.7 Å². The number of methoxy groups -OCH3 is 1. The molecule has 3 rings (SSSR count). The lowest BCUT2D eigenvalue weighted by molar-refractivity contribution is -0.121. The average Bonchev–Trinajstić information content (AvgIpc) is 2.70. The summed E-state index contributed by atoms with van der Waals surface area (Å²) in [6, 6.07) is 14.3. The van der Waals surface area contributed by atoms with Crippen molar-refractivity contribution >= 4 is 34.6 Å². The lowest BCUT2D eigenvalue weighted by atomic mass is 9.96. The first kappa shape index (κ1) is 19.0. The van der Waals surface area contributed by atoms with Gasteiger partial charge in [-0.2, -0.15) is 0 Å². The number of ether oxygens (including phenoxy) is 1. The highest BCUT2D eigenvalue weighted by Gasteiger charge is 2.26. The number of carbonyl (C=O) groups excluding carboxylic acids is 1. The van der Waals surface area contributed by atoms with E-state index in [1.807, 2.05) is 24.3 Å². The standard InChI is InChI=1S/C20H23N3O3S/c1-26-16-6-4-5-15(13-16)21-20(27)23-11-9-14(10-12-23)19(25)22-17-7-2-3-8-18(17)24/h2-8,13-14,24H,9-12H2,1H3,(H,21,27)(H,22,25). The molecule has 0 saturated carbocycles. The first-order valence-corrected chi connectivity index (χ1v) is 9.26. The number of piperidine rings is 1. The molecule has 1 saturated heterocycles. The molecule has 0 aromatic heterocycles. The van der Waals surface area contributed by atoms with E-state index in [4.69, 9.17) is 17.0 Å². The molecule has 0 aliphatic carbocycles. The van der Waals surface area contributed by atoms with Crippen molar-refractivity contribution in [3.05, 3.63) is 48.5 Å². The molecule has 1 fully saturated rings. The van der Waals surface area contributed by atoms with Gasteiger partial charge < -0.3 is 25.4 Å². The first-order chi connectivity index (χ1) is 13.1. The number of benzene rings is 2. The zero-order chi connectivity index (χ0) is 19.2. The Kier molecular flexibility index (Phi) is 6.13. The number of anilines is 2. The van der Waals surface area contributed by atoms with Crippen molar-refractivity contribution in [3.8, 4) is 11.5 Å². The van der Waals surface area contributed by atoms with E-state index in [9.17, 15) is 9.90 Å². The van der Waals surface area contributed by atoms with Crippen LogP contribution in [0.2, 0.25) is 0 Å². The Morgan fingerprint density at radius 2 is 1.89 bits per heavy atom. The lowest BCUT2D eigenvalue weighted by Crippen LogP contribution is -2.43. The van der Waals surface area contributed by atoms with Crippen molar-refractivity contribution in [2.45, 2.75) is 12.8 Å². The van der Waals surface area contributed by atoms with Crippen molar-refractivity contribution in [2.75, 3.05) is 30.8 Å². The number of aromatic hydroxyl groups is 1. The largest absolute Gasteiger partial charge is 0.506 e. The van der Waals surface area contributed by atoms with Crippen LogP contribution in [-0.2, 0) is 4.79 Å². The first-order valence-electron chi connectivity index (χ1n) is 8.85. The maximum absolute atomic E-state index is 12.5. The summed E-state index contributed by atoms with van der Waals surface area (Å²) >= 11 is 5.50. The van der Waals surface area contributed by atoms with Gasteiger partial charge in [0, 0.05) is 30.8 Å². The number of amides is 1. The topological polar surface area (TPSA) is 73.8 Å². The Balaban J connectivity index is 1.51. The predicted molar refractivity (Wildman–Crippen MR) is 110 cm³/mol. The van der Waals surface area contributed by atoms with Gasteiger partial charge in [-0.05, 0) is 49.3 Å². The summed E-state index contributed by atoms with van der Waals surface area (Å²) in [6.07, 6.45) is 1.42. The van der Waals surface area contributed by atoms with Crippen LogP contribution in [0.15, 0.2) is 48.5 Å². The van der Waals surface area contributed by atoms with Crippen LogP contribution in [0.25, 0.3) is 0 Å². The highest BCUT2D eigenvalue weighted by Crippen LogP contribution is 2.25. The number of carbonyl (C=O) groups is 1. The van der Waals surface area contributed by atoms with Crippen LogP contribution in [0, 0.1) is 5.92 Å². The van der Waals surface area contributed by atoms with Gasteiger partial charge >= 0.3 is 0 Å². The molecule has 0 unspecified atom stereocenters. The van der Waals surface area contributed by atoms with Crippen LogP contribution in [0.1, 0.15) is 12.8 Å². The van der Waals surface area contributed by atoms with Crippen LogP contribution < -0.4 is 15.4 Å². The van der Waals surface area contributed by atoms with Gasteiger partial charge in [0.05, 0.1) is 12.8 Å². The third-order valence-corrected chi connectivity index (χ3v) is 5.00. The van der Waals surface area contributed by atoms with Crippen LogP contribution in [-0.4, -0.2) is 41.2 Å². The van der Waals surface area contributed by atoms with Gasteiger partial charge in [-0.25, -0.2) is 0 Å². The Labute approximate surface area is 164 Å². The summed E-state index contributed by atoms with van der Waals surface area (Å²) in [4.78, 5) is 14.5. The predicted octanol–water partition coefficient (Wildman–Crippen LogP) is 3.45. The zero-order valence-corrected chi connectivity index (χ0v) is 16.0. The molecule has 1 aliphatic heterocycles. The molecule has 2 aromatic carbocycles. The van der Waals surface area contributed by atoms with Crippen molar-refractivity contribution in [1.29, 1.82) is 0 Å². The van der Waals surface area contributed by atoms with Crippen LogP contribution in [0.3, 0.4) is 0 Å². The summed E-state index contributed by atoms with van der Waals surface area (Å²) in [5.41, 5.74) is 1.32. The summed E-state index contributed by atoms with van der Waals surface area (Å²) in [5.74, 6) is 0.678. The van der Waals surface area contributed by atoms with E-state index >= 15 is 0 Å². The molecule has 0 bridgehead atoms. The molecular formula is C20H23N3O3S. The van der Waals surface area contributed by atoms with Gasteiger partial charge in [-0.15, -0.1) is 0 Å². The maximum Gasteiger partial charge on any atom is 0.227 e. The van der Waals surface area contributed by atoms with Gasteiger partial charge in [0.25, 0.3) is 0 Å². The third kappa shape index (κ3) is 4.89. The van der Waals surface area contributed by atoms with Crippen LogP contribution >= 0.6 is 12.2 Å². The molecule has 0 radical (unpaired) electrons. The number of phenols is 1. The number of phenolic OH excluding ortho intramolecular Hbond substituents is 1. The second-order valence-corrected chi connectivity index (χ2v) is 6.82. The minimum atomic E-state index is -0.0968. The SMILES string of the molecule is COc1cccc(NC(=S)N2CCC(C(=O)Nc3ccccc3O)CC2)c1. The van der Waals surface area contributed by atoms with E-state index in [-0.39, 0.29) is 17.6 Å². The Hall–Kier alpha value is -2.80. The van der Waals surface area contributed by atoms with Gasteiger partial charge in [0.1, 0.15) is 11.5 Å². The van der Waals surface area contributed by atoms with E-state index in [2.05, 4.69) is 15.5 Å². The maximum atomic E-state index is 12.5. The van der Waals surface area contributed by atoms with Crippen molar-refractivity contribution < 1.29 is 14.6 Å². The number of rotatable bonds is 4. The molecule has 27 heavy (non-hydrogen) atoms. The molecule has 1 amide bonds. The number of thiocarbonyl (C=S) groups is 1. The van der Waals surface area contributed by atoms with Crippen LogP contribution in [0.5, 0.6) is 11.5 Å². The van der Waals surface area contributed by atoms with E-state index in [0.717, 1.165) is 11.4 Å². The zero-order valence-electron chi connectivity index (χ0n) is 15.1. The van der Waals surface area contributed by atoms with Crippen LogP contribution in [0.4, 0.5) is 11.4 Å². The van der Waals surface area contributed by atoms with Gasteiger partial charge in [-0.1, -0.05) is 18.2 Å². The number of likely N-dealkylation sites (tertiary alicyclic amines) is 1. The number of nitrogens with zero attached hydrogens (tertiary/aromatic N) is 1. The van der Waals surface area contributed by atoms with Crippen molar-refractivity contribution in [3.63, 3.8) is 0 Å². The molecule has 2 aromatic rings. The smallest absolute Gasteiger partial charge is 0.227 e. The second kappa shape index (κ2) is 8.73. The fourth-order valence-electron chi connectivity index (χ4n) is 3.06. The highest BCUT2D eigenvalue weighted by molar-refractivity contribution is 7.80. The molecule has 1 heterocycles. The quantitative estimate of drug-likeness (QED) is 0.553. The van der Waals surface area contributed by atoms with Crippen molar-refractivity contribution in [1.82, 2.24) is 4.90 Å². The summed E-state index contributed by atoms with van der Waals surface area (Å²) in [6.45, 7) is 1.41. The number of hydrogen-bond acceptors (Lipinski definition) is 4. The number of nitrogens with one attached hydrogen (secondary N) is 2. The summed E-state index contributed by atoms with van der Waals surface area (Å²) < 4.78 is 5.22. The van der Waals surface area contributed by atoms with Gasteiger partial charge in [0.2, 0.25) is 5.91 Å². The fraction of sp³-hybridized carbons (Fsp3) is 0.300. The Bertz CT molecular complexity index is 820. The third-order valence-electron chi connectivity index (χ3n) is 4.64. The Morgan fingerprint density at radius 3 is 2.59 bits per heavy atom. The number of para-hydroxylation sites is 2. The summed E-state index contributed by atoms with van der Waals surface area (Å²) in [7, 11) is 1.63. The number of hydrogen-bond donors (Lipinski definition) is 3. The van der Waals surface area contributed by atoms with Gasteiger partial charge in [0.15, 0.2) is 5.11 Å². The molecule has 3 N–H and O–H groups in total. The van der Waals surface area contributed by atoms with E-state index in [1.165, 1.54) is 0 Å². The fourth-order valence-corrected chi connectivity index (χ4v) is 3.36. The normalized spacial score (nSPS) is 14.5. The molecular weight excluding hydrogens is 362 g/mol. The lowest BCUT2D eigenvalue weighted by Gasteiger charge is -2.33. The molecule has 0 spiro atoms. The highest BCUT2D eigenvalue weighted by atomic mass is 32.1. The van der Waals surface area contributed by atoms with Crippen molar-refractivity contribution in [2.24, 2.45) is 5.92 Å².